The minimum Gasteiger partial charge on any atom is -0.506 e. The molecule has 2 rings (SSSR count). The van der Waals surface area contributed by atoms with E-state index in [1.165, 1.54) is 0 Å². The van der Waals surface area contributed by atoms with Crippen LogP contribution in [0.25, 0.3) is 0 Å². The molecule has 0 aliphatic carbocycles. The number of anilines is 1. The highest BCUT2D eigenvalue weighted by molar-refractivity contribution is 7.92. The standard InChI is InChI=1S/C12H7ClF3NO3S/c13-7-4-10(11(18)5-8(7)15)17-21(19,20)12-2-1-6(14)3-9(12)16/h1-5,17-18H. The Hall–Kier alpha value is -1.93. The van der Waals surface area contributed by atoms with Crippen molar-refractivity contribution < 1.29 is 26.7 Å². The van der Waals surface area contributed by atoms with Gasteiger partial charge >= 0.3 is 0 Å². The summed E-state index contributed by atoms with van der Waals surface area (Å²) in [6.45, 7) is 0. The maximum Gasteiger partial charge on any atom is 0.264 e. The van der Waals surface area contributed by atoms with E-state index in [4.69, 9.17) is 11.6 Å². The Labute approximate surface area is 122 Å². The van der Waals surface area contributed by atoms with Gasteiger partial charge in [-0.05, 0) is 18.2 Å². The van der Waals surface area contributed by atoms with Crippen molar-refractivity contribution in [3.05, 3.63) is 52.8 Å². The highest BCUT2D eigenvalue weighted by atomic mass is 35.5. The Morgan fingerprint density at radius 1 is 1.05 bits per heavy atom. The molecular weight excluding hydrogens is 331 g/mol. The summed E-state index contributed by atoms with van der Waals surface area (Å²) >= 11 is 5.47. The van der Waals surface area contributed by atoms with Crippen molar-refractivity contribution in [2.75, 3.05) is 4.72 Å². The number of nitrogens with one attached hydrogen (secondary N) is 1. The van der Waals surface area contributed by atoms with E-state index in [0.717, 1.165) is 18.2 Å². The second kappa shape index (κ2) is 5.45. The van der Waals surface area contributed by atoms with Crippen LogP contribution in [0.4, 0.5) is 18.9 Å². The van der Waals surface area contributed by atoms with Gasteiger partial charge in [0, 0.05) is 12.1 Å². The van der Waals surface area contributed by atoms with Gasteiger partial charge in [0.15, 0.2) is 0 Å². The van der Waals surface area contributed by atoms with Crippen molar-refractivity contribution in [3.63, 3.8) is 0 Å². The smallest absolute Gasteiger partial charge is 0.264 e. The van der Waals surface area contributed by atoms with E-state index >= 15 is 0 Å². The van der Waals surface area contributed by atoms with E-state index in [2.05, 4.69) is 0 Å². The zero-order valence-electron chi connectivity index (χ0n) is 10.1. The lowest BCUT2D eigenvalue weighted by atomic mass is 10.3. The molecule has 0 bridgehead atoms. The number of aromatic hydroxyl groups is 1. The zero-order valence-corrected chi connectivity index (χ0v) is 11.6. The van der Waals surface area contributed by atoms with Crippen LogP contribution in [0, 0.1) is 17.5 Å². The SMILES string of the molecule is O=S(=O)(Nc1cc(Cl)c(F)cc1O)c1ccc(F)cc1F. The average Bonchev–Trinajstić information content (AvgIpc) is 2.35. The van der Waals surface area contributed by atoms with Crippen molar-refractivity contribution in [2.24, 2.45) is 0 Å². The van der Waals surface area contributed by atoms with Gasteiger partial charge in [0.2, 0.25) is 0 Å². The number of hydrogen-bond donors (Lipinski definition) is 2. The van der Waals surface area contributed by atoms with Crippen LogP contribution < -0.4 is 4.72 Å². The molecule has 4 nitrogen and oxygen atoms in total. The number of rotatable bonds is 3. The first kappa shape index (κ1) is 15.5. The molecule has 0 saturated carbocycles. The summed E-state index contributed by atoms with van der Waals surface area (Å²) in [4.78, 5) is -0.830. The molecule has 0 radical (unpaired) electrons. The van der Waals surface area contributed by atoms with E-state index in [1.807, 2.05) is 4.72 Å². The number of hydrogen-bond acceptors (Lipinski definition) is 3. The molecule has 0 heterocycles. The van der Waals surface area contributed by atoms with Crippen molar-refractivity contribution in [2.45, 2.75) is 4.90 Å². The molecule has 0 atom stereocenters. The van der Waals surface area contributed by atoms with Gasteiger partial charge in [-0.15, -0.1) is 0 Å². The van der Waals surface area contributed by atoms with Gasteiger partial charge in [-0.3, -0.25) is 4.72 Å². The van der Waals surface area contributed by atoms with Crippen LogP contribution in [0.5, 0.6) is 5.75 Å². The monoisotopic (exact) mass is 337 g/mol. The van der Waals surface area contributed by atoms with Crippen molar-refractivity contribution in [1.29, 1.82) is 0 Å². The highest BCUT2D eigenvalue weighted by Gasteiger charge is 2.21. The Balaban J connectivity index is 2.45. The second-order valence-electron chi connectivity index (χ2n) is 3.96. The lowest BCUT2D eigenvalue weighted by molar-refractivity contribution is 0.471. The molecule has 0 saturated heterocycles. The summed E-state index contributed by atoms with van der Waals surface area (Å²) in [6.07, 6.45) is 0. The maximum atomic E-state index is 13.5. The molecule has 0 aliphatic rings. The van der Waals surface area contributed by atoms with Crippen LogP contribution in [0.2, 0.25) is 5.02 Å². The fraction of sp³-hybridized carbons (Fsp3) is 0. The predicted molar refractivity (Wildman–Crippen MR) is 70.2 cm³/mol. The van der Waals surface area contributed by atoms with Gasteiger partial charge in [0.05, 0.1) is 10.7 Å². The lowest BCUT2D eigenvalue weighted by Crippen LogP contribution is -2.15. The number of benzene rings is 2. The molecule has 0 spiro atoms. The molecule has 9 heteroatoms. The summed E-state index contributed by atoms with van der Waals surface area (Å²) < 4.78 is 65.1. The molecule has 0 aromatic heterocycles. The van der Waals surface area contributed by atoms with Crippen molar-refractivity contribution >= 4 is 27.3 Å². The fourth-order valence-corrected chi connectivity index (χ4v) is 2.80. The summed E-state index contributed by atoms with van der Waals surface area (Å²) in [6, 6.07) is 3.29. The van der Waals surface area contributed by atoms with Crippen LogP contribution in [-0.2, 0) is 10.0 Å². The predicted octanol–water partition coefficient (Wildman–Crippen LogP) is 3.26. The van der Waals surface area contributed by atoms with E-state index in [1.54, 1.807) is 0 Å². The third-order valence-electron chi connectivity index (χ3n) is 2.47. The minimum atomic E-state index is -4.45. The van der Waals surface area contributed by atoms with Gasteiger partial charge in [0.25, 0.3) is 10.0 Å². The summed E-state index contributed by atoms with van der Waals surface area (Å²) in [5, 5.41) is 9.02. The first-order valence-electron chi connectivity index (χ1n) is 5.36. The molecular formula is C12H7ClF3NO3S. The van der Waals surface area contributed by atoms with E-state index in [-0.39, 0.29) is 0 Å². The molecule has 0 amide bonds. The first-order chi connectivity index (χ1) is 9.70. The van der Waals surface area contributed by atoms with Gasteiger partial charge in [-0.2, -0.15) is 0 Å². The van der Waals surface area contributed by atoms with E-state index < -0.39 is 48.8 Å². The maximum absolute atomic E-state index is 13.5. The average molecular weight is 338 g/mol. The Kier molecular flexibility index (Phi) is 4.02. The van der Waals surface area contributed by atoms with Gasteiger partial charge < -0.3 is 5.11 Å². The first-order valence-corrected chi connectivity index (χ1v) is 7.22. The third kappa shape index (κ3) is 3.22. The van der Waals surface area contributed by atoms with Crippen molar-refractivity contribution in [3.8, 4) is 5.75 Å². The summed E-state index contributed by atoms with van der Waals surface area (Å²) in [5.74, 6) is -3.94. The quantitative estimate of drug-likeness (QED) is 0.845. The Morgan fingerprint density at radius 2 is 1.71 bits per heavy atom. The fourth-order valence-electron chi connectivity index (χ4n) is 1.51. The molecule has 2 N–H and O–H groups in total. The number of sulfonamides is 1. The highest BCUT2D eigenvalue weighted by Crippen LogP contribution is 2.31. The number of halogens is 4. The van der Waals surface area contributed by atoms with Crippen LogP contribution >= 0.6 is 11.6 Å². The minimum absolute atomic E-state index is 0.395. The van der Waals surface area contributed by atoms with Gasteiger partial charge in [0.1, 0.15) is 28.1 Å². The second-order valence-corrected chi connectivity index (χ2v) is 6.02. The van der Waals surface area contributed by atoms with Crippen LogP contribution in [0.1, 0.15) is 0 Å². The van der Waals surface area contributed by atoms with Crippen LogP contribution in [0.3, 0.4) is 0 Å². The Morgan fingerprint density at radius 3 is 2.33 bits per heavy atom. The van der Waals surface area contributed by atoms with E-state index in [0.29, 0.717) is 12.1 Å². The normalized spacial score (nSPS) is 11.4. The zero-order chi connectivity index (χ0) is 15.8. The topological polar surface area (TPSA) is 66.4 Å². The molecule has 2 aromatic rings. The van der Waals surface area contributed by atoms with Gasteiger partial charge in [-0.1, -0.05) is 11.6 Å². The molecule has 2 aromatic carbocycles. The number of phenols is 1. The Bertz CT molecular complexity index is 812. The lowest BCUT2D eigenvalue weighted by Gasteiger charge is -2.11. The molecule has 0 unspecified atom stereocenters. The van der Waals surface area contributed by atoms with Crippen molar-refractivity contribution in [1.82, 2.24) is 0 Å². The summed E-state index contributed by atoms with van der Waals surface area (Å²) in [7, 11) is -4.45. The van der Waals surface area contributed by atoms with Crippen LogP contribution in [0.15, 0.2) is 35.2 Å². The molecule has 0 aliphatic heterocycles. The molecule has 0 fully saturated rings. The van der Waals surface area contributed by atoms with Gasteiger partial charge in [-0.25, -0.2) is 21.6 Å². The number of phenolic OH excluding ortho intramolecular Hbond substituents is 1. The van der Waals surface area contributed by atoms with Crippen LogP contribution in [-0.4, -0.2) is 13.5 Å². The van der Waals surface area contributed by atoms with E-state index in [9.17, 15) is 26.7 Å². The third-order valence-corrected chi connectivity index (χ3v) is 4.15. The summed E-state index contributed by atoms with van der Waals surface area (Å²) in [5.41, 5.74) is -0.440. The largest absolute Gasteiger partial charge is 0.506 e. The molecule has 21 heavy (non-hydrogen) atoms. The molecule has 112 valence electrons.